The first-order valence-electron chi connectivity index (χ1n) is 11.5. The summed E-state index contributed by atoms with van der Waals surface area (Å²) in [5.41, 5.74) is 1.32. The van der Waals surface area contributed by atoms with Crippen molar-refractivity contribution in [2.24, 2.45) is 0 Å². The summed E-state index contributed by atoms with van der Waals surface area (Å²) in [6, 6.07) is 12.4. The highest BCUT2D eigenvalue weighted by atomic mass is 19.4. The molecule has 2 aliphatic rings. The fraction of sp³-hybridized carbons (Fsp3) is 0.222. The molecule has 0 radical (unpaired) electrons. The summed E-state index contributed by atoms with van der Waals surface area (Å²) >= 11 is 0. The Morgan fingerprint density at radius 1 is 0.889 bits per heavy atom. The molecule has 3 heterocycles. The van der Waals surface area contributed by atoms with Crippen molar-refractivity contribution in [2.45, 2.75) is 19.1 Å². The Hall–Kier alpha value is -4.14. The third kappa shape index (κ3) is 5.56. The number of aromatic nitrogens is 1. The van der Waals surface area contributed by atoms with Crippen molar-refractivity contribution in [2.75, 3.05) is 24.8 Å². The van der Waals surface area contributed by atoms with Crippen LogP contribution in [0.2, 0.25) is 0 Å². The van der Waals surface area contributed by atoms with Crippen LogP contribution in [0.1, 0.15) is 17.5 Å². The van der Waals surface area contributed by atoms with Gasteiger partial charge in [-0.3, -0.25) is 0 Å². The molecule has 0 atom stereocenters. The molecule has 0 aliphatic carbocycles. The molecule has 2 aromatic carbocycles. The Morgan fingerprint density at radius 3 is 2.39 bits per heavy atom. The van der Waals surface area contributed by atoms with Crippen LogP contribution in [-0.2, 0) is 12.7 Å². The number of alkyl halides is 3. The van der Waals surface area contributed by atoms with Crippen molar-refractivity contribution in [3.63, 3.8) is 0 Å². The Balaban J connectivity index is 1.33. The molecule has 9 heteroatoms. The number of nitrogens with zero attached hydrogens (tertiary/aromatic N) is 3. The first-order chi connectivity index (χ1) is 17.5. The van der Waals surface area contributed by atoms with Crippen molar-refractivity contribution in [3.05, 3.63) is 96.4 Å². The maximum atomic E-state index is 12.9. The number of hydrogen-bond acceptors (Lipinski definition) is 6. The largest absolute Gasteiger partial charge is 0.454 e. The molecule has 186 valence electrons. The molecule has 1 aromatic heterocycles. The van der Waals surface area contributed by atoms with E-state index in [4.69, 9.17) is 14.0 Å². The number of hydrogen-bond donors (Lipinski definition) is 0. The third-order valence-electron chi connectivity index (χ3n) is 5.86. The SMILES string of the molecule is FC(F)(F)c1ccc(-c2cc(N(CCCN3C=CC=CC=C3)Cc3ccc4c(c3)OCO4)on2)cc1. The standard InChI is InChI=1S/C27H24F3N3O3/c28-27(29,30)22-9-7-21(8-10-22)23-17-26(36-31-23)33(15-5-14-32-12-3-1-2-4-13-32)18-20-6-11-24-25(16-20)35-19-34-24/h1-4,6-13,16-17H,5,14-15,18-19H2. The van der Waals surface area contributed by atoms with Crippen LogP contribution in [0.4, 0.5) is 19.1 Å². The molecular formula is C27H24F3N3O3. The van der Waals surface area contributed by atoms with E-state index in [0.717, 1.165) is 30.7 Å². The molecule has 6 nitrogen and oxygen atoms in total. The number of benzene rings is 2. The van der Waals surface area contributed by atoms with Gasteiger partial charge in [0.25, 0.3) is 0 Å². The maximum Gasteiger partial charge on any atom is 0.416 e. The summed E-state index contributed by atoms with van der Waals surface area (Å²) in [6.07, 6.45) is 8.38. The number of ether oxygens (including phenoxy) is 2. The topological polar surface area (TPSA) is 51.0 Å². The minimum absolute atomic E-state index is 0.201. The Kier molecular flexibility index (Phi) is 6.71. The summed E-state index contributed by atoms with van der Waals surface area (Å²) in [6.45, 7) is 2.20. The number of allylic oxidation sites excluding steroid dienone is 4. The van der Waals surface area contributed by atoms with Gasteiger partial charge >= 0.3 is 6.18 Å². The lowest BCUT2D eigenvalue weighted by Crippen LogP contribution is -2.26. The van der Waals surface area contributed by atoms with Crippen molar-refractivity contribution in [3.8, 4) is 22.8 Å². The Morgan fingerprint density at radius 2 is 1.64 bits per heavy atom. The summed E-state index contributed by atoms with van der Waals surface area (Å²) in [5, 5.41) is 4.13. The molecule has 0 saturated heterocycles. The van der Waals surface area contributed by atoms with Gasteiger partial charge in [-0.05, 0) is 48.4 Å². The zero-order valence-electron chi connectivity index (χ0n) is 19.3. The van der Waals surface area contributed by atoms with Gasteiger partial charge in [-0.25, -0.2) is 0 Å². The van der Waals surface area contributed by atoms with E-state index in [1.807, 2.05) is 54.9 Å². The molecule has 0 amide bonds. The zero-order valence-corrected chi connectivity index (χ0v) is 19.3. The highest BCUT2D eigenvalue weighted by molar-refractivity contribution is 5.62. The van der Waals surface area contributed by atoms with Gasteiger partial charge in [0.2, 0.25) is 12.7 Å². The van der Waals surface area contributed by atoms with Gasteiger partial charge in [0.15, 0.2) is 11.5 Å². The van der Waals surface area contributed by atoms with Gasteiger partial charge in [0, 0.05) is 43.7 Å². The molecule has 36 heavy (non-hydrogen) atoms. The van der Waals surface area contributed by atoms with E-state index in [2.05, 4.69) is 15.0 Å². The van der Waals surface area contributed by atoms with Crippen molar-refractivity contribution in [1.29, 1.82) is 0 Å². The van der Waals surface area contributed by atoms with Gasteiger partial charge in [0.05, 0.1) is 5.56 Å². The first-order valence-corrected chi connectivity index (χ1v) is 11.5. The lowest BCUT2D eigenvalue weighted by atomic mass is 10.1. The van der Waals surface area contributed by atoms with Crippen LogP contribution in [0.25, 0.3) is 11.3 Å². The fourth-order valence-corrected chi connectivity index (χ4v) is 4.00. The van der Waals surface area contributed by atoms with Crippen LogP contribution >= 0.6 is 0 Å². The first kappa shape index (κ1) is 23.6. The normalized spacial score (nSPS) is 14.4. The lowest BCUT2D eigenvalue weighted by molar-refractivity contribution is -0.137. The minimum Gasteiger partial charge on any atom is -0.454 e. The van der Waals surface area contributed by atoms with Crippen LogP contribution in [-0.4, -0.2) is 29.9 Å². The molecule has 0 N–H and O–H groups in total. The quantitative estimate of drug-likeness (QED) is 0.361. The molecule has 2 aliphatic heterocycles. The molecule has 0 fully saturated rings. The van der Waals surface area contributed by atoms with Crippen LogP contribution in [0.15, 0.2) is 89.8 Å². The summed E-state index contributed by atoms with van der Waals surface area (Å²) < 4.78 is 55.3. The molecule has 0 unspecified atom stereocenters. The molecule has 3 aromatic rings. The smallest absolute Gasteiger partial charge is 0.416 e. The second kappa shape index (κ2) is 10.2. The van der Waals surface area contributed by atoms with Crippen molar-refractivity contribution < 1.29 is 27.2 Å². The predicted octanol–water partition coefficient (Wildman–Crippen LogP) is 6.39. The zero-order chi connectivity index (χ0) is 25.0. The van der Waals surface area contributed by atoms with E-state index in [-0.39, 0.29) is 6.79 Å². The summed E-state index contributed by atoms with van der Waals surface area (Å²) in [5.74, 6) is 1.94. The van der Waals surface area contributed by atoms with E-state index in [1.165, 1.54) is 12.1 Å². The molecule has 5 rings (SSSR count). The summed E-state index contributed by atoms with van der Waals surface area (Å²) in [7, 11) is 0. The van der Waals surface area contributed by atoms with Gasteiger partial charge in [-0.15, -0.1) is 0 Å². The number of anilines is 1. The monoisotopic (exact) mass is 495 g/mol. The van der Waals surface area contributed by atoms with Crippen LogP contribution in [0.3, 0.4) is 0 Å². The van der Waals surface area contributed by atoms with E-state index in [9.17, 15) is 13.2 Å². The number of rotatable bonds is 8. The lowest BCUT2D eigenvalue weighted by Gasteiger charge is -2.23. The van der Waals surface area contributed by atoms with Gasteiger partial charge in [-0.2, -0.15) is 13.2 Å². The van der Waals surface area contributed by atoms with Gasteiger partial charge < -0.3 is 23.8 Å². The highest BCUT2D eigenvalue weighted by Gasteiger charge is 2.30. The predicted molar refractivity (Wildman–Crippen MR) is 129 cm³/mol. The van der Waals surface area contributed by atoms with Gasteiger partial charge in [0.1, 0.15) is 5.69 Å². The molecule has 0 bridgehead atoms. The number of halogens is 3. The van der Waals surface area contributed by atoms with Crippen LogP contribution in [0.5, 0.6) is 11.5 Å². The molecular weight excluding hydrogens is 471 g/mol. The van der Waals surface area contributed by atoms with Crippen LogP contribution < -0.4 is 14.4 Å². The average molecular weight is 496 g/mol. The second-order valence-electron chi connectivity index (χ2n) is 8.39. The molecule has 0 spiro atoms. The third-order valence-corrected chi connectivity index (χ3v) is 5.86. The second-order valence-corrected chi connectivity index (χ2v) is 8.39. The number of fused-ring (bicyclic) bond motifs is 1. The van der Waals surface area contributed by atoms with E-state index >= 15 is 0 Å². The highest BCUT2D eigenvalue weighted by Crippen LogP contribution is 2.34. The molecule has 0 saturated carbocycles. The summed E-state index contributed by atoms with van der Waals surface area (Å²) in [4.78, 5) is 4.16. The maximum absolute atomic E-state index is 12.9. The average Bonchev–Trinajstić information content (AvgIpc) is 3.47. The van der Waals surface area contributed by atoms with Crippen molar-refractivity contribution in [1.82, 2.24) is 10.1 Å². The van der Waals surface area contributed by atoms with E-state index in [0.29, 0.717) is 41.7 Å². The van der Waals surface area contributed by atoms with E-state index < -0.39 is 11.7 Å². The Bertz CT molecular complexity index is 1260. The van der Waals surface area contributed by atoms with Crippen molar-refractivity contribution >= 4 is 5.88 Å². The van der Waals surface area contributed by atoms with Crippen LogP contribution in [0, 0.1) is 0 Å². The Labute approximate surface area is 206 Å². The van der Waals surface area contributed by atoms with E-state index in [1.54, 1.807) is 6.07 Å². The van der Waals surface area contributed by atoms with Gasteiger partial charge in [-0.1, -0.05) is 35.5 Å². The fourth-order valence-electron chi connectivity index (χ4n) is 4.00. The minimum atomic E-state index is -4.39.